The summed E-state index contributed by atoms with van der Waals surface area (Å²) in [5.74, 6) is 1.74. The van der Waals surface area contributed by atoms with Gasteiger partial charge in [-0.15, -0.1) is 11.6 Å². The second-order valence-corrected chi connectivity index (χ2v) is 4.31. The van der Waals surface area contributed by atoms with Crippen LogP contribution in [-0.2, 0) is 6.42 Å². The summed E-state index contributed by atoms with van der Waals surface area (Å²) in [6.45, 7) is 0. The molecule has 0 unspecified atom stereocenters. The maximum atomic E-state index is 5.79. The molecule has 1 fully saturated rings. The third-order valence-corrected chi connectivity index (χ3v) is 2.98. The lowest BCUT2D eigenvalue weighted by Crippen LogP contribution is -2.02. The van der Waals surface area contributed by atoms with Crippen LogP contribution >= 0.6 is 11.6 Å². The van der Waals surface area contributed by atoms with Gasteiger partial charge in [0.2, 0.25) is 0 Å². The van der Waals surface area contributed by atoms with Gasteiger partial charge in [-0.2, -0.15) is 0 Å². The first-order chi connectivity index (χ1) is 7.40. The highest BCUT2D eigenvalue weighted by molar-refractivity contribution is 6.17. The highest BCUT2D eigenvalue weighted by Crippen LogP contribution is 2.38. The maximum absolute atomic E-state index is 5.79. The molecule has 3 rings (SSSR count). The van der Waals surface area contributed by atoms with E-state index in [2.05, 4.69) is 14.5 Å². The molecule has 1 aliphatic rings. The van der Waals surface area contributed by atoms with Gasteiger partial charge in [0.25, 0.3) is 0 Å². The van der Waals surface area contributed by atoms with E-state index in [0.717, 1.165) is 23.3 Å². The molecule has 0 N–H and O–H groups in total. The number of alkyl halides is 1. The van der Waals surface area contributed by atoms with Gasteiger partial charge in [0.15, 0.2) is 0 Å². The van der Waals surface area contributed by atoms with Gasteiger partial charge in [-0.25, -0.2) is 4.98 Å². The van der Waals surface area contributed by atoms with E-state index in [0.29, 0.717) is 11.9 Å². The largest absolute Gasteiger partial charge is 0.324 e. The SMILES string of the molecule is ClCCc1nc2ccncc2n1C1CC1. The van der Waals surface area contributed by atoms with Gasteiger partial charge in [-0.05, 0) is 18.9 Å². The van der Waals surface area contributed by atoms with Gasteiger partial charge in [0, 0.05) is 24.5 Å². The standard InChI is InChI=1S/C11H12ClN3/c12-5-3-11-14-9-4-6-13-7-10(9)15(11)8-1-2-8/h4,6-8H,1-3,5H2. The predicted molar refractivity (Wildman–Crippen MR) is 60.2 cm³/mol. The molecule has 4 heteroatoms. The van der Waals surface area contributed by atoms with Crippen molar-refractivity contribution >= 4 is 22.6 Å². The molecule has 1 aliphatic carbocycles. The van der Waals surface area contributed by atoms with Gasteiger partial charge >= 0.3 is 0 Å². The molecule has 0 bridgehead atoms. The van der Waals surface area contributed by atoms with E-state index in [9.17, 15) is 0 Å². The van der Waals surface area contributed by atoms with Crippen LogP contribution in [0.2, 0.25) is 0 Å². The lowest BCUT2D eigenvalue weighted by atomic mass is 10.4. The van der Waals surface area contributed by atoms with Gasteiger partial charge < -0.3 is 4.57 Å². The first kappa shape index (κ1) is 9.16. The Hall–Kier alpha value is -1.09. The molecule has 2 aromatic heterocycles. The maximum Gasteiger partial charge on any atom is 0.111 e. The minimum Gasteiger partial charge on any atom is -0.324 e. The van der Waals surface area contributed by atoms with Crippen LogP contribution in [0.3, 0.4) is 0 Å². The van der Waals surface area contributed by atoms with E-state index in [4.69, 9.17) is 11.6 Å². The van der Waals surface area contributed by atoms with Crippen LogP contribution in [0.15, 0.2) is 18.5 Å². The van der Waals surface area contributed by atoms with Crippen molar-refractivity contribution in [2.75, 3.05) is 5.88 Å². The van der Waals surface area contributed by atoms with Crippen LogP contribution in [0.4, 0.5) is 0 Å². The van der Waals surface area contributed by atoms with Crippen molar-refractivity contribution in [3.05, 3.63) is 24.3 Å². The van der Waals surface area contributed by atoms with Crippen LogP contribution in [-0.4, -0.2) is 20.4 Å². The Labute approximate surface area is 93.1 Å². The Morgan fingerprint density at radius 2 is 2.33 bits per heavy atom. The third-order valence-electron chi connectivity index (χ3n) is 2.79. The number of rotatable bonds is 3. The molecule has 0 amide bonds. The number of hydrogen-bond acceptors (Lipinski definition) is 2. The van der Waals surface area contributed by atoms with Gasteiger partial charge in [-0.3, -0.25) is 4.98 Å². The van der Waals surface area contributed by atoms with E-state index in [1.54, 1.807) is 6.20 Å². The predicted octanol–water partition coefficient (Wildman–Crippen LogP) is 2.55. The number of nitrogens with zero attached hydrogens (tertiary/aromatic N) is 3. The monoisotopic (exact) mass is 221 g/mol. The fourth-order valence-corrected chi connectivity index (χ4v) is 2.16. The summed E-state index contributed by atoms with van der Waals surface area (Å²) in [6, 6.07) is 2.60. The number of pyridine rings is 1. The van der Waals surface area contributed by atoms with Crippen molar-refractivity contribution in [3.63, 3.8) is 0 Å². The van der Waals surface area contributed by atoms with Crippen molar-refractivity contribution < 1.29 is 0 Å². The Bertz CT molecular complexity index is 488. The quantitative estimate of drug-likeness (QED) is 0.746. The first-order valence-corrected chi connectivity index (χ1v) is 5.80. The van der Waals surface area contributed by atoms with Gasteiger partial charge in [0.1, 0.15) is 5.82 Å². The molecular weight excluding hydrogens is 210 g/mol. The fraction of sp³-hybridized carbons (Fsp3) is 0.455. The Morgan fingerprint density at radius 1 is 1.47 bits per heavy atom. The Kier molecular flexibility index (Phi) is 2.13. The average Bonchev–Trinajstić information content (AvgIpc) is 3.01. The van der Waals surface area contributed by atoms with Crippen molar-refractivity contribution in [1.29, 1.82) is 0 Å². The molecule has 1 saturated carbocycles. The molecule has 2 aromatic rings. The number of imidazole rings is 1. The fourth-order valence-electron chi connectivity index (χ4n) is 1.99. The van der Waals surface area contributed by atoms with Crippen LogP contribution in [0.5, 0.6) is 0 Å². The zero-order valence-electron chi connectivity index (χ0n) is 8.36. The Balaban J connectivity index is 2.19. The molecule has 0 saturated heterocycles. The average molecular weight is 222 g/mol. The second-order valence-electron chi connectivity index (χ2n) is 3.93. The molecular formula is C11H12ClN3. The minimum atomic E-state index is 0.628. The molecule has 3 nitrogen and oxygen atoms in total. The van der Waals surface area contributed by atoms with Crippen LogP contribution in [0.1, 0.15) is 24.7 Å². The summed E-state index contributed by atoms with van der Waals surface area (Å²) >= 11 is 5.79. The lowest BCUT2D eigenvalue weighted by molar-refractivity contribution is 0.709. The van der Waals surface area contributed by atoms with Crippen molar-refractivity contribution in [3.8, 4) is 0 Å². The molecule has 0 radical (unpaired) electrons. The number of aryl methyl sites for hydroxylation is 1. The van der Waals surface area contributed by atoms with E-state index in [1.807, 2.05) is 12.3 Å². The normalized spacial score (nSPS) is 16.1. The summed E-state index contributed by atoms with van der Waals surface area (Å²) in [5.41, 5.74) is 2.19. The van der Waals surface area contributed by atoms with Crippen molar-refractivity contribution in [2.45, 2.75) is 25.3 Å². The van der Waals surface area contributed by atoms with Crippen LogP contribution < -0.4 is 0 Å². The second kappa shape index (κ2) is 3.49. The van der Waals surface area contributed by atoms with Crippen molar-refractivity contribution in [2.24, 2.45) is 0 Å². The van der Waals surface area contributed by atoms with E-state index >= 15 is 0 Å². The highest BCUT2D eigenvalue weighted by atomic mass is 35.5. The topological polar surface area (TPSA) is 30.7 Å². The van der Waals surface area contributed by atoms with Crippen LogP contribution in [0.25, 0.3) is 11.0 Å². The molecule has 0 spiro atoms. The van der Waals surface area contributed by atoms with Crippen LogP contribution in [0, 0.1) is 0 Å². The third kappa shape index (κ3) is 1.51. The number of hydrogen-bond donors (Lipinski definition) is 0. The van der Waals surface area contributed by atoms with E-state index in [1.165, 1.54) is 12.8 Å². The number of halogens is 1. The lowest BCUT2D eigenvalue weighted by Gasteiger charge is -2.05. The van der Waals surface area contributed by atoms with E-state index < -0.39 is 0 Å². The molecule has 2 heterocycles. The van der Waals surface area contributed by atoms with Gasteiger partial charge in [0.05, 0.1) is 17.2 Å². The summed E-state index contributed by atoms with van der Waals surface area (Å²) in [5, 5.41) is 0. The van der Waals surface area contributed by atoms with E-state index in [-0.39, 0.29) is 0 Å². The summed E-state index contributed by atoms with van der Waals surface area (Å²) in [6.07, 6.45) is 7.05. The molecule has 15 heavy (non-hydrogen) atoms. The first-order valence-electron chi connectivity index (χ1n) is 5.27. The minimum absolute atomic E-state index is 0.628. The number of fused-ring (bicyclic) bond motifs is 1. The summed E-state index contributed by atoms with van der Waals surface area (Å²) in [7, 11) is 0. The molecule has 78 valence electrons. The van der Waals surface area contributed by atoms with Gasteiger partial charge in [-0.1, -0.05) is 0 Å². The molecule has 0 aromatic carbocycles. The van der Waals surface area contributed by atoms with Crippen molar-refractivity contribution in [1.82, 2.24) is 14.5 Å². The molecule has 0 atom stereocenters. The smallest absolute Gasteiger partial charge is 0.111 e. The zero-order chi connectivity index (χ0) is 10.3. The highest BCUT2D eigenvalue weighted by Gasteiger charge is 2.27. The summed E-state index contributed by atoms with van der Waals surface area (Å²) < 4.78 is 2.31. The Morgan fingerprint density at radius 3 is 3.07 bits per heavy atom. The summed E-state index contributed by atoms with van der Waals surface area (Å²) in [4.78, 5) is 8.77. The zero-order valence-corrected chi connectivity index (χ0v) is 9.11. The molecule has 0 aliphatic heterocycles. The number of aromatic nitrogens is 3.